The van der Waals surface area contributed by atoms with E-state index >= 15 is 0 Å². The molecule has 43 heavy (non-hydrogen) atoms. The van der Waals surface area contributed by atoms with Gasteiger partial charge in [0.25, 0.3) is 11.8 Å². The van der Waals surface area contributed by atoms with Crippen molar-refractivity contribution in [3.63, 3.8) is 0 Å². The third-order valence-electron chi connectivity index (χ3n) is 8.32. The van der Waals surface area contributed by atoms with Crippen LogP contribution in [-0.4, -0.2) is 45.7 Å². The van der Waals surface area contributed by atoms with Gasteiger partial charge in [-0.3, -0.25) is 19.4 Å². The van der Waals surface area contributed by atoms with Gasteiger partial charge in [-0.25, -0.2) is 0 Å². The Balaban J connectivity index is 1.58. The highest BCUT2D eigenvalue weighted by atomic mass is 16.5. The molecule has 2 N–H and O–H groups in total. The van der Waals surface area contributed by atoms with E-state index in [9.17, 15) is 14.4 Å². The summed E-state index contributed by atoms with van der Waals surface area (Å²) in [5, 5.41) is 11.5. The van der Waals surface area contributed by atoms with Gasteiger partial charge in [0.2, 0.25) is 0 Å². The SMILES string of the molecule is CCCC(C)CC1(C)N=C(C2=CC=C(OC3=CCCC=C3)CC2)C(=O)N1[C@H](CC)c1ccc(C(=O)NCCC(=O)O)cc1. The zero-order valence-electron chi connectivity index (χ0n) is 25.9. The number of hydrogen-bond donors (Lipinski definition) is 2. The molecule has 1 aliphatic heterocycles. The van der Waals surface area contributed by atoms with E-state index in [0.717, 1.165) is 54.8 Å². The Morgan fingerprint density at radius 3 is 2.51 bits per heavy atom. The fraction of sp³-hybridized carbons (Fsp3) is 0.486. The number of carboxylic acid groups (broad SMARTS) is 1. The Kier molecular flexibility index (Phi) is 10.8. The largest absolute Gasteiger partial charge is 0.481 e. The van der Waals surface area contributed by atoms with Gasteiger partial charge in [-0.05, 0) is 86.4 Å². The third-order valence-corrected chi connectivity index (χ3v) is 8.32. The molecule has 8 heteroatoms. The fourth-order valence-electron chi connectivity index (χ4n) is 6.29. The number of aliphatic imine (C=N–C) groups is 1. The molecule has 0 fully saturated rings. The standard InChI is InChI=1S/C35H45N3O5/c1-5-10-24(3)23-35(4)37-32(26-17-19-29(20-18-26)43-28-11-8-7-9-12-28)34(42)38(35)30(6-2)25-13-15-27(16-14-25)33(41)36-22-21-31(39)40/h8,11-17,19,24,30H,5-7,9-10,18,20-23H2,1-4H3,(H,36,41)(H,39,40)/t24?,30-,35?/m1/s1. The monoisotopic (exact) mass is 587 g/mol. The second-order valence-electron chi connectivity index (χ2n) is 11.9. The molecule has 2 amide bonds. The first-order chi connectivity index (χ1) is 20.6. The molecular weight excluding hydrogens is 542 g/mol. The Morgan fingerprint density at radius 2 is 1.91 bits per heavy atom. The van der Waals surface area contributed by atoms with E-state index in [-0.39, 0.29) is 30.8 Å². The topological polar surface area (TPSA) is 108 Å². The van der Waals surface area contributed by atoms with Crippen molar-refractivity contribution in [2.75, 3.05) is 6.54 Å². The minimum Gasteiger partial charge on any atom is -0.481 e. The first-order valence-corrected chi connectivity index (χ1v) is 15.6. The van der Waals surface area contributed by atoms with Gasteiger partial charge < -0.3 is 20.1 Å². The highest BCUT2D eigenvalue weighted by Gasteiger charge is 2.48. The van der Waals surface area contributed by atoms with Crippen LogP contribution in [0.4, 0.5) is 0 Å². The van der Waals surface area contributed by atoms with Gasteiger partial charge in [-0.1, -0.05) is 57.9 Å². The smallest absolute Gasteiger partial charge is 0.305 e. The predicted octanol–water partition coefficient (Wildman–Crippen LogP) is 7.02. The molecule has 230 valence electrons. The maximum Gasteiger partial charge on any atom is 0.305 e. The van der Waals surface area contributed by atoms with Crippen molar-refractivity contribution in [3.05, 3.63) is 82.9 Å². The minimum absolute atomic E-state index is 0.0597. The summed E-state index contributed by atoms with van der Waals surface area (Å²) in [7, 11) is 0. The molecule has 8 nitrogen and oxygen atoms in total. The van der Waals surface area contributed by atoms with Gasteiger partial charge in [0, 0.05) is 18.5 Å². The van der Waals surface area contributed by atoms with Crippen LogP contribution in [0.25, 0.3) is 0 Å². The number of rotatable bonds is 14. The van der Waals surface area contributed by atoms with Crippen LogP contribution in [0.15, 0.2) is 76.7 Å². The van der Waals surface area contributed by atoms with Crippen LogP contribution < -0.4 is 5.32 Å². The van der Waals surface area contributed by atoms with Gasteiger partial charge in [-0.15, -0.1) is 0 Å². The second kappa shape index (κ2) is 14.5. The minimum atomic E-state index is -0.960. The van der Waals surface area contributed by atoms with E-state index in [1.807, 2.05) is 35.3 Å². The summed E-state index contributed by atoms with van der Waals surface area (Å²) in [4.78, 5) is 44.7. The second-order valence-corrected chi connectivity index (χ2v) is 11.9. The maximum absolute atomic E-state index is 14.3. The molecule has 0 radical (unpaired) electrons. The Labute approximate surface area is 255 Å². The number of carbonyl (C=O) groups excluding carboxylic acids is 2. The molecule has 4 rings (SSSR count). The summed E-state index contributed by atoms with van der Waals surface area (Å²) in [6.45, 7) is 8.62. The number of ether oxygens (including phenoxy) is 1. The number of nitrogens with zero attached hydrogens (tertiary/aromatic N) is 2. The van der Waals surface area contributed by atoms with E-state index in [2.05, 4.69) is 45.2 Å². The Hall–Kier alpha value is -3.94. The number of benzene rings is 1. The summed E-state index contributed by atoms with van der Waals surface area (Å²) < 4.78 is 6.08. The van der Waals surface area contributed by atoms with Crippen LogP contribution >= 0.6 is 0 Å². The van der Waals surface area contributed by atoms with Crippen molar-refractivity contribution in [2.24, 2.45) is 10.9 Å². The van der Waals surface area contributed by atoms with E-state index in [1.165, 1.54) is 0 Å². The summed E-state index contributed by atoms with van der Waals surface area (Å²) in [5.41, 5.74) is 2.15. The fourth-order valence-corrected chi connectivity index (χ4v) is 6.29. The molecule has 0 bridgehead atoms. The molecule has 2 unspecified atom stereocenters. The molecule has 1 heterocycles. The van der Waals surface area contributed by atoms with Crippen LogP contribution in [0.5, 0.6) is 0 Å². The van der Waals surface area contributed by atoms with Gasteiger partial charge >= 0.3 is 5.97 Å². The molecular formula is C35H45N3O5. The number of amides is 2. The van der Waals surface area contributed by atoms with Crippen LogP contribution in [-0.2, 0) is 14.3 Å². The van der Waals surface area contributed by atoms with Crippen molar-refractivity contribution in [3.8, 4) is 0 Å². The molecule has 1 aromatic rings. The van der Waals surface area contributed by atoms with Crippen LogP contribution in [0.1, 0.15) is 107 Å². The van der Waals surface area contributed by atoms with Gasteiger partial charge in [0.15, 0.2) is 0 Å². The Bertz CT molecular complexity index is 1350. The van der Waals surface area contributed by atoms with Crippen molar-refractivity contribution in [1.82, 2.24) is 10.2 Å². The normalized spacial score (nSPS) is 21.4. The Morgan fingerprint density at radius 1 is 1.14 bits per heavy atom. The van der Waals surface area contributed by atoms with Crippen molar-refractivity contribution >= 4 is 23.5 Å². The first-order valence-electron chi connectivity index (χ1n) is 15.6. The summed E-state index contributed by atoms with van der Waals surface area (Å²) in [6, 6.07) is 7.03. The molecule has 1 aromatic carbocycles. The average Bonchev–Trinajstić information content (AvgIpc) is 3.24. The molecule has 2 aliphatic carbocycles. The van der Waals surface area contributed by atoms with E-state index < -0.39 is 11.6 Å². The lowest BCUT2D eigenvalue weighted by molar-refractivity contribution is -0.137. The molecule has 3 atom stereocenters. The third kappa shape index (κ3) is 7.92. The van der Waals surface area contributed by atoms with Gasteiger partial charge in [0.05, 0.1) is 12.5 Å². The molecule has 0 spiro atoms. The lowest BCUT2D eigenvalue weighted by Crippen LogP contribution is -2.47. The number of carboxylic acids is 1. The van der Waals surface area contributed by atoms with Crippen LogP contribution in [0, 0.1) is 5.92 Å². The zero-order valence-corrected chi connectivity index (χ0v) is 25.9. The number of aliphatic carboxylic acids is 1. The van der Waals surface area contributed by atoms with Gasteiger partial charge in [0.1, 0.15) is 22.9 Å². The average molecular weight is 588 g/mol. The highest BCUT2D eigenvalue weighted by molar-refractivity contribution is 6.46. The summed E-state index contributed by atoms with van der Waals surface area (Å²) in [5.74, 6) is 0.816. The van der Waals surface area contributed by atoms with Crippen LogP contribution in [0.3, 0.4) is 0 Å². The summed E-state index contributed by atoms with van der Waals surface area (Å²) >= 11 is 0. The zero-order chi connectivity index (χ0) is 31.0. The quantitative estimate of drug-likeness (QED) is 0.243. The molecule has 0 aromatic heterocycles. The van der Waals surface area contributed by atoms with Crippen molar-refractivity contribution < 1.29 is 24.2 Å². The molecule has 0 saturated carbocycles. The molecule has 0 saturated heterocycles. The molecule has 3 aliphatic rings. The lowest BCUT2D eigenvalue weighted by Gasteiger charge is -2.40. The van der Waals surface area contributed by atoms with Crippen molar-refractivity contribution in [2.45, 2.75) is 97.2 Å². The van der Waals surface area contributed by atoms with Gasteiger partial charge in [-0.2, -0.15) is 0 Å². The van der Waals surface area contributed by atoms with Crippen molar-refractivity contribution in [1.29, 1.82) is 0 Å². The lowest BCUT2D eigenvalue weighted by atomic mass is 9.90. The predicted molar refractivity (Wildman–Crippen MR) is 168 cm³/mol. The van der Waals surface area contributed by atoms with E-state index in [0.29, 0.717) is 36.5 Å². The number of allylic oxidation sites excluding steroid dienone is 6. The highest BCUT2D eigenvalue weighted by Crippen LogP contribution is 2.42. The van der Waals surface area contributed by atoms with Crippen LogP contribution in [0.2, 0.25) is 0 Å². The number of carbonyl (C=O) groups is 3. The number of hydrogen-bond acceptors (Lipinski definition) is 5. The van der Waals surface area contributed by atoms with E-state index in [4.69, 9.17) is 14.8 Å². The van der Waals surface area contributed by atoms with E-state index in [1.54, 1.807) is 12.1 Å². The maximum atomic E-state index is 14.3. The summed E-state index contributed by atoms with van der Waals surface area (Å²) in [6.07, 6.45) is 17.1. The first kappa shape index (κ1) is 32.0. The number of nitrogens with one attached hydrogen (secondary N) is 1.